The monoisotopic (exact) mass is 500 g/mol. The Morgan fingerprint density at radius 3 is 2.32 bits per heavy atom. The number of carbonyl (C=O) groups excluding carboxylic acids is 2. The van der Waals surface area contributed by atoms with E-state index >= 15 is 0 Å². The zero-order valence-corrected chi connectivity index (χ0v) is 20.9. The summed E-state index contributed by atoms with van der Waals surface area (Å²) in [4.78, 5) is 27.4. The number of rotatable bonds is 10. The lowest BCUT2D eigenvalue weighted by molar-refractivity contribution is -0.138. The summed E-state index contributed by atoms with van der Waals surface area (Å²) in [5.41, 5.74) is 1.66. The minimum absolute atomic E-state index is 0.0213. The summed E-state index contributed by atoms with van der Waals surface area (Å²) < 4.78 is 0. The fourth-order valence-electron chi connectivity index (χ4n) is 2.87. The van der Waals surface area contributed by atoms with Gasteiger partial charge in [-0.3, -0.25) is 9.59 Å². The maximum Gasteiger partial charge on any atom is 0.242 e. The molecule has 0 aliphatic carbocycles. The van der Waals surface area contributed by atoms with Gasteiger partial charge < -0.3 is 10.2 Å². The molecule has 2 rings (SSSR count). The van der Waals surface area contributed by atoms with E-state index in [1.165, 1.54) is 16.7 Å². The molecule has 0 aliphatic rings. The highest BCUT2D eigenvalue weighted by Gasteiger charge is 2.27. The molecule has 1 N–H and O–H groups in total. The second-order valence-corrected chi connectivity index (χ2v) is 9.57. The summed E-state index contributed by atoms with van der Waals surface area (Å²) in [6.45, 7) is 5.81. The molecule has 4 nitrogen and oxygen atoms in total. The summed E-state index contributed by atoms with van der Waals surface area (Å²) in [5.74, 6) is 0.496. The van der Waals surface area contributed by atoms with Gasteiger partial charge in [-0.1, -0.05) is 59.9 Å². The molecule has 0 aliphatic heterocycles. The Balaban J connectivity index is 2.15. The Labute approximate surface area is 203 Å². The Morgan fingerprint density at radius 1 is 1.06 bits per heavy atom. The van der Waals surface area contributed by atoms with Gasteiger partial charge in [-0.25, -0.2) is 0 Å². The van der Waals surface area contributed by atoms with Crippen molar-refractivity contribution in [3.8, 4) is 0 Å². The summed E-state index contributed by atoms with van der Waals surface area (Å²) >= 11 is 20.2. The van der Waals surface area contributed by atoms with E-state index < -0.39 is 6.04 Å². The Morgan fingerprint density at radius 2 is 1.71 bits per heavy atom. The van der Waals surface area contributed by atoms with Crippen LogP contribution in [0.4, 0.5) is 0 Å². The molecule has 0 aromatic heterocycles. The Kier molecular flexibility index (Phi) is 10.5. The molecular formula is C23H27Cl3N2O2S. The molecule has 0 spiro atoms. The summed E-state index contributed by atoms with van der Waals surface area (Å²) in [6, 6.07) is 12.1. The van der Waals surface area contributed by atoms with Crippen LogP contribution in [0.1, 0.15) is 38.3 Å². The highest BCUT2D eigenvalue weighted by molar-refractivity contribution is 7.99. The molecule has 0 radical (unpaired) electrons. The van der Waals surface area contributed by atoms with Gasteiger partial charge in [0, 0.05) is 39.0 Å². The van der Waals surface area contributed by atoms with Gasteiger partial charge in [-0.05, 0) is 50.1 Å². The van der Waals surface area contributed by atoms with Crippen LogP contribution in [-0.2, 0) is 21.9 Å². The predicted molar refractivity (Wildman–Crippen MR) is 132 cm³/mol. The minimum Gasteiger partial charge on any atom is -0.352 e. The smallest absolute Gasteiger partial charge is 0.242 e. The number of benzene rings is 2. The number of carbonyl (C=O) groups is 2. The number of nitrogens with one attached hydrogen (secondary N) is 1. The number of thioether (sulfide) groups is 1. The van der Waals surface area contributed by atoms with Crippen LogP contribution < -0.4 is 5.32 Å². The third-order valence-electron chi connectivity index (χ3n) is 4.94. The van der Waals surface area contributed by atoms with Crippen LogP contribution in [-0.4, -0.2) is 34.6 Å². The highest BCUT2D eigenvalue weighted by Crippen LogP contribution is 2.27. The number of hydrogen-bond donors (Lipinski definition) is 1. The molecule has 0 bridgehead atoms. The molecule has 31 heavy (non-hydrogen) atoms. The van der Waals surface area contributed by atoms with E-state index in [-0.39, 0.29) is 30.2 Å². The first-order valence-electron chi connectivity index (χ1n) is 10.1. The average Bonchev–Trinajstić information content (AvgIpc) is 2.73. The Bertz CT molecular complexity index is 890. The van der Waals surface area contributed by atoms with Crippen LogP contribution >= 0.6 is 46.6 Å². The van der Waals surface area contributed by atoms with Gasteiger partial charge in [0.15, 0.2) is 0 Å². The third-order valence-corrected chi connectivity index (χ3v) is 6.87. The molecule has 2 aromatic carbocycles. The molecule has 0 unspecified atom stereocenters. The van der Waals surface area contributed by atoms with E-state index in [9.17, 15) is 9.59 Å². The third kappa shape index (κ3) is 7.90. The maximum absolute atomic E-state index is 13.1. The van der Waals surface area contributed by atoms with Crippen molar-refractivity contribution in [3.63, 3.8) is 0 Å². The molecule has 0 fully saturated rings. The number of halogens is 3. The van der Waals surface area contributed by atoms with Crippen LogP contribution in [0.2, 0.25) is 15.1 Å². The van der Waals surface area contributed by atoms with E-state index in [0.29, 0.717) is 26.4 Å². The quantitative estimate of drug-likeness (QED) is 0.421. The van der Waals surface area contributed by atoms with Crippen LogP contribution in [0, 0.1) is 0 Å². The summed E-state index contributed by atoms with van der Waals surface area (Å²) in [7, 11) is 0. The predicted octanol–water partition coefficient (Wildman–Crippen LogP) is 6.21. The Hall–Kier alpha value is -1.40. The molecule has 2 aromatic rings. The van der Waals surface area contributed by atoms with Crippen molar-refractivity contribution in [3.05, 3.63) is 68.7 Å². The van der Waals surface area contributed by atoms with Crippen LogP contribution in [0.15, 0.2) is 42.5 Å². The topological polar surface area (TPSA) is 49.4 Å². The van der Waals surface area contributed by atoms with Crippen molar-refractivity contribution in [1.82, 2.24) is 10.2 Å². The lowest BCUT2D eigenvalue weighted by Crippen LogP contribution is -2.50. The van der Waals surface area contributed by atoms with Crippen molar-refractivity contribution in [2.45, 2.75) is 51.6 Å². The minimum atomic E-state index is -0.666. The molecule has 0 saturated carbocycles. The zero-order chi connectivity index (χ0) is 23.0. The fraction of sp³-hybridized carbons (Fsp3) is 0.391. The lowest BCUT2D eigenvalue weighted by atomic mass is 10.1. The van der Waals surface area contributed by atoms with E-state index in [0.717, 1.165) is 12.0 Å². The van der Waals surface area contributed by atoms with Crippen LogP contribution in [0.25, 0.3) is 0 Å². The second-order valence-electron chi connectivity index (χ2n) is 7.34. The molecule has 0 saturated heterocycles. The molecule has 8 heteroatoms. The van der Waals surface area contributed by atoms with Gasteiger partial charge in [0.05, 0.1) is 5.75 Å². The molecular weight excluding hydrogens is 475 g/mol. The summed E-state index contributed by atoms with van der Waals surface area (Å²) in [5, 5.41) is 4.54. The first-order chi connectivity index (χ1) is 14.7. The van der Waals surface area contributed by atoms with Crippen LogP contribution in [0.5, 0.6) is 0 Å². The van der Waals surface area contributed by atoms with Crippen molar-refractivity contribution < 1.29 is 9.59 Å². The van der Waals surface area contributed by atoms with Gasteiger partial charge in [0.2, 0.25) is 11.8 Å². The van der Waals surface area contributed by atoms with E-state index in [4.69, 9.17) is 34.8 Å². The largest absolute Gasteiger partial charge is 0.352 e. The first kappa shape index (κ1) is 25.9. The number of amides is 2. The van der Waals surface area contributed by atoms with Gasteiger partial charge in [0.1, 0.15) is 6.04 Å². The van der Waals surface area contributed by atoms with Gasteiger partial charge in [-0.2, -0.15) is 0 Å². The number of hydrogen-bond acceptors (Lipinski definition) is 3. The van der Waals surface area contributed by atoms with Crippen molar-refractivity contribution in [2.24, 2.45) is 0 Å². The summed E-state index contributed by atoms with van der Waals surface area (Å²) in [6.07, 6.45) is 0.804. The van der Waals surface area contributed by atoms with Crippen molar-refractivity contribution >= 4 is 58.4 Å². The SMILES string of the molecule is CC[C@H](C)NC(=O)[C@H](C)N(Cc1c(Cl)cccc1Cl)C(=O)CSCc1cccc(Cl)c1. The number of nitrogens with zero attached hydrogens (tertiary/aromatic N) is 1. The molecule has 2 amide bonds. The normalized spacial score (nSPS) is 12.8. The molecule has 2 atom stereocenters. The maximum atomic E-state index is 13.1. The van der Waals surface area contributed by atoms with Crippen LogP contribution in [0.3, 0.4) is 0 Å². The highest BCUT2D eigenvalue weighted by atomic mass is 35.5. The fourth-order valence-corrected chi connectivity index (χ4v) is 4.46. The molecule has 0 heterocycles. The second kappa shape index (κ2) is 12.6. The van der Waals surface area contributed by atoms with Gasteiger partial charge >= 0.3 is 0 Å². The lowest BCUT2D eigenvalue weighted by Gasteiger charge is -2.30. The van der Waals surface area contributed by atoms with E-state index in [2.05, 4.69) is 5.32 Å². The first-order valence-corrected chi connectivity index (χ1v) is 12.4. The van der Waals surface area contributed by atoms with Gasteiger partial charge in [0.25, 0.3) is 0 Å². The van der Waals surface area contributed by atoms with E-state index in [1.807, 2.05) is 38.1 Å². The van der Waals surface area contributed by atoms with Gasteiger partial charge in [-0.15, -0.1) is 11.8 Å². The van der Waals surface area contributed by atoms with E-state index in [1.54, 1.807) is 25.1 Å². The molecule has 168 valence electrons. The standard InChI is InChI=1S/C23H27Cl3N2O2S/c1-4-15(2)27-23(30)16(3)28(12-19-20(25)9-6-10-21(19)26)22(29)14-31-13-17-7-5-8-18(24)11-17/h5-11,15-16H,4,12-14H2,1-3H3,(H,27,30)/t15-,16-/m0/s1. The average molecular weight is 502 g/mol. The van der Waals surface area contributed by atoms with Crippen molar-refractivity contribution in [2.75, 3.05) is 5.75 Å². The van der Waals surface area contributed by atoms with Crippen molar-refractivity contribution in [1.29, 1.82) is 0 Å². The zero-order valence-electron chi connectivity index (χ0n) is 17.8.